The fraction of sp³-hybridized carbons (Fsp3) is 0.520. The molecule has 0 aliphatic carbocycles. The third-order valence-electron chi connectivity index (χ3n) is 13.0. The van der Waals surface area contributed by atoms with Gasteiger partial charge in [-0.1, -0.05) is 39.8 Å². The Morgan fingerprint density at radius 2 is 1.81 bits per heavy atom. The minimum absolute atomic E-state index is 0.0410. The molecule has 6 atom stereocenters. The topological polar surface area (TPSA) is 222 Å². The van der Waals surface area contributed by atoms with Crippen molar-refractivity contribution >= 4 is 40.5 Å². The molecule has 4 aromatic rings. The van der Waals surface area contributed by atoms with E-state index in [1.165, 1.54) is 30.9 Å². The van der Waals surface area contributed by atoms with E-state index in [0.29, 0.717) is 36.9 Å². The lowest BCUT2D eigenvalue weighted by Gasteiger charge is -2.37. The molecular weight excluding hydrogens is 857 g/mol. The van der Waals surface area contributed by atoms with Crippen LogP contribution >= 0.6 is 0 Å². The highest BCUT2D eigenvalue weighted by molar-refractivity contribution is 5.96. The zero-order valence-corrected chi connectivity index (χ0v) is 40.5. The Morgan fingerprint density at radius 3 is 2.48 bits per heavy atom. The number of phenolic OH excluding ortho intramolecular Hbond substituents is 1. The van der Waals surface area contributed by atoms with Gasteiger partial charge in [0.15, 0.2) is 0 Å². The summed E-state index contributed by atoms with van der Waals surface area (Å²) in [4.78, 5) is 76.7. The number of fused-ring (bicyclic) bond motifs is 6. The van der Waals surface area contributed by atoms with Crippen LogP contribution in [0.3, 0.4) is 0 Å². The summed E-state index contributed by atoms with van der Waals surface area (Å²) in [6.45, 7) is 13.8. The normalized spacial score (nSPS) is 19.5. The van der Waals surface area contributed by atoms with Crippen molar-refractivity contribution in [1.82, 2.24) is 35.1 Å². The minimum atomic E-state index is -1.42. The maximum absolute atomic E-state index is 14.7. The average Bonchev–Trinajstić information content (AvgIpc) is 3.59. The summed E-state index contributed by atoms with van der Waals surface area (Å²) in [7, 11) is 4.53. The van der Waals surface area contributed by atoms with E-state index in [0.717, 1.165) is 43.9 Å². The SMILES string of the molecule is CCn1c(-c2cccnc2[C@H](C)OC)c2c3cc(ccc31)-c1cc(O)cc(c1)C[C@H](NC(=O)[C@H](C(C)C)N(C)C(=O)CN(C)C(=O)[C@@H](C)[C@H](N)O)C(=O)N1CCC[C@H](N1)C(=O)OCC(C)(C)C2. The number of aliphatic hydroxyl groups excluding tert-OH is 1. The number of carbonyl (C=O) groups is 5. The van der Waals surface area contributed by atoms with E-state index in [4.69, 9.17) is 20.2 Å². The van der Waals surface area contributed by atoms with Crippen molar-refractivity contribution < 1.29 is 43.7 Å². The Morgan fingerprint density at radius 1 is 1.07 bits per heavy atom. The van der Waals surface area contributed by atoms with Gasteiger partial charge < -0.3 is 45.1 Å². The van der Waals surface area contributed by atoms with E-state index >= 15 is 0 Å². The number of phenols is 1. The predicted molar refractivity (Wildman–Crippen MR) is 254 cm³/mol. The lowest BCUT2D eigenvalue weighted by molar-refractivity contribution is -0.155. The molecule has 17 nitrogen and oxygen atoms in total. The summed E-state index contributed by atoms with van der Waals surface area (Å²) in [5.41, 5.74) is 14.8. The van der Waals surface area contributed by atoms with Crippen LogP contribution in [-0.4, -0.2) is 129 Å². The van der Waals surface area contributed by atoms with Crippen LogP contribution in [0.15, 0.2) is 54.7 Å². The van der Waals surface area contributed by atoms with Crippen LogP contribution in [0.2, 0.25) is 0 Å². The number of nitrogens with two attached hydrogens (primary N) is 1. The van der Waals surface area contributed by atoms with Gasteiger partial charge in [-0.05, 0) is 105 Å². The standard InChI is InChI=1S/C50H68N8O9/c1-11-57-40-17-16-32-24-36(40)37(44(57)35-14-12-18-52-42(35)30(5)66-10)25-50(6,7)27-67-49(65)38-15-13-19-58(54-38)48(64)39(22-31-20-33(32)23-34(59)21-31)53-46(62)43(28(2)3)56(9)41(60)26-55(8)47(63)29(4)45(51)61/h12,14,16-18,20-21,23-24,28-30,38-39,43,45,54,59,61H,11,13,15,19,22,25-27,51H2,1-10H3,(H,53,62)/t29-,30-,38-,39-,43-,45+/m0/s1. The number of pyridine rings is 1. The molecule has 67 heavy (non-hydrogen) atoms. The number of hydrogen-bond donors (Lipinski definition) is 5. The molecule has 2 aromatic heterocycles. The largest absolute Gasteiger partial charge is 0.508 e. The molecule has 6 bridgehead atoms. The number of aryl methyl sites for hydroxylation is 1. The first kappa shape index (κ1) is 50.5. The molecule has 0 radical (unpaired) electrons. The van der Waals surface area contributed by atoms with Gasteiger partial charge in [0, 0.05) is 68.8 Å². The third-order valence-corrected chi connectivity index (χ3v) is 13.0. The van der Waals surface area contributed by atoms with Crippen molar-refractivity contribution in [3.8, 4) is 28.1 Å². The van der Waals surface area contributed by atoms with E-state index in [2.05, 4.69) is 54.3 Å². The molecule has 6 rings (SSSR count). The molecule has 17 heteroatoms. The fourth-order valence-electron chi connectivity index (χ4n) is 9.29. The van der Waals surface area contributed by atoms with Crippen molar-refractivity contribution in [3.05, 3.63) is 71.5 Å². The Bertz CT molecular complexity index is 2480. The van der Waals surface area contributed by atoms with Gasteiger partial charge in [-0.15, -0.1) is 0 Å². The Kier molecular flexibility index (Phi) is 15.8. The number of cyclic esters (lactones) is 1. The van der Waals surface area contributed by atoms with Crippen LogP contribution < -0.4 is 16.5 Å². The summed E-state index contributed by atoms with van der Waals surface area (Å²) < 4.78 is 14.2. The van der Waals surface area contributed by atoms with Crippen LogP contribution in [0, 0.1) is 17.3 Å². The maximum atomic E-state index is 14.7. The average molecular weight is 925 g/mol. The third kappa shape index (κ3) is 11.1. The number of rotatable bonds is 12. The molecule has 362 valence electrons. The molecule has 2 aliphatic heterocycles. The number of ether oxygens (including phenoxy) is 2. The first-order chi connectivity index (χ1) is 31.7. The van der Waals surface area contributed by atoms with Crippen LogP contribution in [-0.2, 0) is 52.8 Å². The van der Waals surface area contributed by atoms with Crippen molar-refractivity contribution in [2.75, 3.05) is 40.9 Å². The van der Waals surface area contributed by atoms with E-state index in [9.17, 15) is 34.2 Å². The highest BCUT2D eigenvalue weighted by Gasteiger charge is 2.38. The van der Waals surface area contributed by atoms with Crippen LogP contribution in [0.4, 0.5) is 0 Å². The summed E-state index contributed by atoms with van der Waals surface area (Å²) in [5, 5.41) is 26.3. The van der Waals surface area contributed by atoms with E-state index in [1.54, 1.807) is 39.3 Å². The highest BCUT2D eigenvalue weighted by atomic mass is 16.5. The number of methoxy groups -OCH3 is 1. The van der Waals surface area contributed by atoms with Crippen LogP contribution in [0.5, 0.6) is 5.75 Å². The number of nitrogens with zero attached hydrogens (tertiary/aromatic N) is 5. The van der Waals surface area contributed by atoms with E-state index in [1.807, 2.05) is 25.1 Å². The maximum Gasteiger partial charge on any atom is 0.324 e. The number of amides is 4. The second kappa shape index (κ2) is 21.0. The van der Waals surface area contributed by atoms with Gasteiger partial charge in [-0.25, -0.2) is 5.43 Å². The van der Waals surface area contributed by atoms with Gasteiger partial charge >= 0.3 is 5.97 Å². The van der Waals surface area contributed by atoms with Crippen molar-refractivity contribution in [2.24, 2.45) is 23.0 Å². The molecule has 2 aliphatic rings. The highest BCUT2D eigenvalue weighted by Crippen LogP contribution is 2.42. The molecule has 4 amide bonds. The Hall–Kier alpha value is -5.88. The lowest BCUT2D eigenvalue weighted by atomic mass is 9.84. The Balaban J connectivity index is 1.44. The lowest BCUT2D eigenvalue weighted by Crippen LogP contribution is -2.62. The Labute approximate surface area is 392 Å². The summed E-state index contributed by atoms with van der Waals surface area (Å²) in [6.07, 6.45) is 1.41. The zero-order valence-electron chi connectivity index (χ0n) is 40.5. The van der Waals surface area contributed by atoms with E-state index < -0.39 is 71.2 Å². The molecule has 0 spiro atoms. The number of aliphatic hydroxyl groups is 1. The molecule has 0 saturated carbocycles. The quantitative estimate of drug-likeness (QED) is 0.0992. The second-order valence-electron chi connectivity index (χ2n) is 19.2. The van der Waals surface area contributed by atoms with Crippen molar-refractivity contribution in [2.45, 2.75) is 111 Å². The van der Waals surface area contributed by atoms with Gasteiger partial charge in [0.05, 0.1) is 36.6 Å². The second-order valence-corrected chi connectivity index (χ2v) is 19.2. The molecule has 4 heterocycles. The summed E-state index contributed by atoms with van der Waals surface area (Å²) in [5.74, 6) is -4.18. The number of likely N-dealkylation sites (N-methyl/N-ethyl adjacent to an activating group) is 2. The number of nitrogens with one attached hydrogen (secondary N) is 2. The molecule has 1 saturated heterocycles. The van der Waals surface area contributed by atoms with Gasteiger partial charge in [-0.3, -0.25) is 34.0 Å². The fourth-order valence-corrected chi connectivity index (χ4v) is 9.29. The number of hydrazine groups is 1. The summed E-state index contributed by atoms with van der Waals surface area (Å²) >= 11 is 0. The first-order valence-electron chi connectivity index (χ1n) is 23.1. The number of hydrogen-bond acceptors (Lipinski definition) is 12. The molecule has 0 unspecified atom stereocenters. The monoisotopic (exact) mass is 925 g/mol. The predicted octanol–water partition coefficient (Wildman–Crippen LogP) is 4.31. The number of aromatic hydroxyl groups is 1. The van der Waals surface area contributed by atoms with Crippen LogP contribution in [0.1, 0.15) is 84.2 Å². The molecule has 1 fully saturated rings. The number of benzene rings is 2. The van der Waals surface area contributed by atoms with E-state index in [-0.39, 0.29) is 38.0 Å². The number of carbonyl (C=O) groups excluding carboxylic acids is 5. The molecular formula is C50H68N8O9. The smallest absolute Gasteiger partial charge is 0.324 e. The number of esters is 1. The van der Waals surface area contributed by atoms with Gasteiger partial charge in [-0.2, -0.15) is 0 Å². The first-order valence-corrected chi connectivity index (χ1v) is 23.1. The zero-order chi connectivity index (χ0) is 49.1. The number of aromatic nitrogens is 2. The van der Waals surface area contributed by atoms with Crippen LogP contribution in [0.25, 0.3) is 33.3 Å². The van der Waals surface area contributed by atoms with Crippen molar-refractivity contribution in [1.29, 1.82) is 0 Å². The van der Waals surface area contributed by atoms with Gasteiger partial charge in [0.1, 0.15) is 30.1 Å². The minimum Gasteiger partial charge on any atom is -0.508 e. The van der Waals surface area contributed by atoms with Gasteiger partial charge in [0.25, 0.3) is 5.91 Å². The molecule has 6 N–H and O–H groups in total. The molecule has 2 aromatic carbocycles. The van der Waals surface area contributed by atoms with Gasteiger partial charge in [0.2, 0.25) is 17.7 Å². The summed E-state index contributed by atoms with van der Waals surface area (Å²) in [6, 6.07) is 12.1. The van der Waals surface area contributed by atoms with Crippen molar-refractivity contribution in [3.63, 3.8) is 0 Å².